The van der Waals surface area contributed by atoms with Gasteiger partial charge in [-0.25, -0.2) is 13.2 Å². The highest BCUT2D eigenvalue weighted by molar-refractivity contribution is 7.89. The summed E-state index contributed by atoms with van der Waals surface area (Å²) in [5.74, 6) is -0.475. The van der Waals surface area contributed by atoms with Gasteiger partial charge in [0.05, 0.1) is 30.2 Å². The number of carbonyl (C=O) groups excluding carboxylic acids is 2. The molecule has 0 aliphatic heterocycles. The van der Waals surface area contributed by atoms with Crippen molar-refractivity contribution in [3.63, 3.8) is 0 Å². The molecule has 2 aromatic carbocycles. The van der Waals surface area contributed by atoms with Crippen LogP contribution in [-0.4, -0.2) is 40.1 Å². The smallest absolute Gasteiger partial charge is 0.337 e. The van der Waals surface area contributed by atoms with Gasteiger partial charge in [-0.05, 0) is 62.4 Å². The number of anilines is 1. The van der Waals surface area contributed by atoms with Gasteiger partial charge in [-0.1, -0.05) is 0 Å². The van der Waals surface area contributed by atoms with E-state index < -0.39 is 27.9 Å². The van der Waals surface area contributed by atoms with Crippen LogP contribution in [0.4, 0.5) is 5.69 Å². The number of carbonyl (C=O) groups is 2. The maximum Gasteiger partial charge on any atom is 0.337 e. The minimum atomic E-state index is -3.88. The molecule has 0 saturated carbocycles. The Hall–Kier alpha value is -2.91. The van der Waals surface area contributed by atoms with E-state index >= 15 is 0 Å². The van der Waals surface area contributed by atoms with Crippen molar-refractivity contribution in [2.45, 2.75) is 24.8 Å². The molecule has 28 heavy (non-hydrogen) atoms. The molecule has 0 heterocycles. The van der Waals surface area contributed by atoms with E-state index in [-0.39, 0.29) is 4.90 Å². The van der Waals surface area contributed by atoms with E-state index in [4.69, 9.17) is 4.74 Å². The number of methoxy groups -OCH3 is 1. The number of esters is 1. The minimum absolute atomic E-state index is 0.0260. The van der Waals surface area contributed by atoms with Crippen LogP contribution in [0.1, 0.15) is 24.2 Å². The summed E-state index contributed by atoms with van der Waals surface area (Å²) < 4.78 is 37.1. The zero-order chi connectivity index (χ0) is 20.7. The molecule has 0 fully saturated rings. The molecule has 0 aromatic heterocycles. The van der Waals surface area contributed by atoms with Gasteiger partial charge in [-0.2, -0.15) is 4.72 Å². The van der Waals surface area contributed by atoms with Crippen molar-refractivity contribution in [2.24, 2.45) is 0 Å². The predicted molar refractivity (Wildman–Crippen MR) is 104 cm³/mol. The average Bonchev–Trinajstić information content (AvgIpc) is 2.68. The van der Waals surface area contributed by atoms with Crippen LogP contribution in [0.5, 0.6) is 5.75 Å². The van der Waals surface area contributed by atoms with Gasteiger partial charge in [0.25, 0.3) is 0 Å². The largest absolute Gasteiger partial charge is 0.494 e. The van der Waals surface area contributed by atoms with Crippen molar-refractivity contribution < 1.29 is 27.5 Å². The number of sulfonamides is 1. The lowest BCUT2D eigenvalue weighted by atomic mass is 10.2. The third kappa shape index (κ3) is 5.54. The first-order valence-electron chi connectivity index (χ1n) is 8.51. The van der Waals surface area contributed by atoms with Gasteiger partial charge in [0, 0.05) is 5.69 Å². The van der Waals surface area contributed by atoms with Crippen LogP contribution in [0.2, 0.25) is 0 Å². The first-order valence-corrected chi connectivity index (χ1v) is 9.99. The van der Waals surface area contributed by atoms with Crippen molar-refractivity contribution in [1.82, 2.24) is 4.72 Å². The van der Waals surface area contributed by atoms with E-state index in [0.29, 0.717) is 23.6 Å². The number of hydrogen-bond acceptors (Lipinski definition) is 6. The molecule has 0 radical (unpaired) electrons. The Morgan fingerprint density at radius 2 is 1.64 bits per heavy atom. The second-order valence-corrected chi connectivity index (χ2v) is 7.52. The van der Waals surface area contributed by atoms with Crippen LogP contribution in [0, 0.1) is 0 Å². The number of ether oxygens (including phenoxy) is 2. The average molecular weight is 406 g/mol. The summed E-state index contributed by atoms with van der Waals surface area (Å²) in [5, 5.41) is 2.59. The molecule has 0 unspecified atom stereocenters. The van der Waals surface area contributed by atoms with E-state index in [0.717, 1.165) is 0 Å². The first kappa shape index (κ1) is 21.4. The van der Waals surface area contributed by atoms with Gasteiger partial charge in [0.15, 0.2) is 0 Å². The van der Waals surface area contributed by atoms with Crippen LogP contribution >= 0.6 is 0 Å². The zero-order valence-corrected chi connectivity index (χ0v) is 16.6. The second kappa shape index (κ2) is 9.34. The molecule has 0 aliphatic rings. The molecule has 9 heteroatoms. The van der Waals surface area contributed by atoms with E-state index in [1.54, 1.807) is 12.1 Å². The Morgan fingerprint density at radius 3 is 2.18 bits per heavy atom. The fourth-order valence-electron chi connectivity index (χ4n) is 2.29. The topological polar surface area (TPSA) is 111 Å². The van der Waals surface area contributed by atoms with Crippen LogP contribution in [0.15, 0.2) is 53.4 Å². The Labute approximate surface area is 163 Å². The molecule has 0 bridgehead atoms. The van der Waals surface area contributed by atoms with Gasteiger partial charge in [-0.3, -0.25) is 4.79 Å². The van der Waals surface area contributed by atoms with Crippen molar-refractivity contribution >= 4 is 27.6 Å². The maximum atomic E-state index is 12.4. The van der Waals surface area contributed by atoms with Gasteiger partial charge >= 0.3 is 5.97 Å². The van der Waals surface area contributed by atoms with E-state index in [1.165, 1.54) is 50.4 Å². The first-order chi connectivity index (χ1) is 13.3. The standard InChI is InChI=1S/C19H22N2O6S/c1-4-27-16-9-11-17(12-10-16)28(24,25)21-13(2)18(22)20-15-7-5-14(6-8-15)19(23)26-3/h5-13,21H,4H2,1-3H3,(H,20,22)/t13-/m0/s1. The van der Waals surface area contributed by atoms with Crippen LogP contribution < -0.4 is 14.8 Å². The van der Waals surface area contributed by atoms with Crippen LogP contribution in [0.3, 0.4) is 0 Å². The molecule has 2 aromatic rings. The Kier molecular flexibility index (Phi) is 7.13. The van der Waals surface area contributed by atoms with E-state index in [1.807, 2.05) is 6.92 Å². The molecule has 0 aliphatic carbocycles. The fourth-order valence-corrected chi connectivity index (χ4v) is 3.50. The highest BCUT2D eigenvalue weighted by Crippen LogP contribution is 2.16. The van der Waals surface area contributed by atoms with Crippen molar-refractivity contribution in [1.29, 1.82) is 0 Å². The number of rotatable bonds is 8. The molecule has 150 valence electrons. The zero-order valence-electron chi connectivity index (χ0n) is 15.8. The van der Waals surface area contributed by atoms with Gasteiger partial charge < -0.3 is 14.8 Å². The number of benzene rings is 2. The normalized spacial score (nSPS) is 12.1. The van der Waals surface area contributed by atoms with Gasteiger partial charge in [0.2, 0.25) is 15.9 Å². The van der Waals surface area contributed by atoms with Gasteiger partial charge in [-0.15, -0.1) is 0 Å². The Balaban J connectivity index is 2.01. The lowest BCUT2D eigenvalue weighted by Crippen LogP contribution is -2.41. The summed E-state index contributed by atoms with van der Waals surface area (Å²) in [5.41, 5.74) is 0.759. The summed E-state index contributed by atoms with van der Waals surface area (Å²) >= 11 is 0. The summed E-state index contributed by atoms with van der Waals surface area (Å²) in [6.07, 6.45) is 0. The Bertz CT molecular complexity index is 924. The lowest BCUT2D eigenvalue weighted by molar-refractivity contribution is -0.117. The quantitative estimate of drug-likeness (QED) is 0.650. The van der Waals surface area contributed by atoms with Crippen molar-refractivity contribution in [3.8, 4) is 5.75 Å². The monoisotopic (exact) mass is 406 g/mol. The van der Waals surface area contributed by atoms with E-state index in [9.17, 15) is 18.0 Å². The third-order valence-electron chi connectivity index (χ3n) is 3.74. The molecular formula is C19H22N2O6S. The Morgan fingerprint density at radius 1 is 1.04 bits per heavy atom. The van der Waals surface area contributed by atoms with Crippen molar-refractivity contribution in [2.75, 3.05) is 19.0 Å². The molecule has 0 saturated heterocycles. The summed E-state index contributed by atoms with van der Waals surface area (Å²) in [4.78, 5) is 23.7. The fraction of sp³-hybridized carbons (Fsp3) is 0.263. The van der Waals surface area contributed by atoms with Crippen LogP contribution in [0.25, 0.3) is 0 Å². The lowest BCUT2D eigenvalue weighted by Gasteiger charge is -2.15. The summed E-state index contributed by atoms with van der Waals surface area (Å²) in [6.45, 7) is 3.74. The SMILES string of the molecule is CCOc1ccc(S(=O)(=O)N[C@@H](C)C(=O)Nc2ccc(C(=O)OC)cc2)cc1. The van der Waals surface area contributed by atoms with Gasteiger partial charge in [0.1, 0.15) is 5.75 Å². The second-order valence-electron chi connectivity index (χ2n) is 5.81. The minimum Gasteiger partial charge on any atom is -0.494 e. The highest BCUT2D eigenvalue weighted by Gasteiger charge is 2.22. The van der Waals surface area contributed by atoms with Crippen LogP contribution in [-0.2, 0) is 19.6 Å². The molecular weight excluding hydrogens is 384 g/mol. The molecule has 8 nitrogen and oxygen atoms in total. The van der Waals surface area contributed by atoms with Crippen molar-refractivity contribution in [3.05, 3.63) is 54.1 Å². The highest BCUT2D eigenvalue weighted by atomic mass is 32.2. The summed E-state index contributed by atoms with van der Waals surface area (Å²) in [7, 11) is -2.60. The maximum absolute atomic E-state index is 12.4. The molecule has 1 atom stereocenters. The molecule has 2 N–H and O–H groups in total. The predicted octanol–water partition coefficient (Wildman–Crippen LogP) is 2.18. The molecule has 1 amide bonds. The number of hydrogen-bond donors (Lipinski definition) is 2. The molecule has 0 spiro atoms. The number of nitrogens with one attached hydrogen (secondary N) is 2. The molecule has 2 rings (SSSR count). The number of amides is 1. The summed E-state index contributed by atoms with van der Waals surface area (Å²) in [6, 6.07) is 10.9. The van der Waals surface area contributed by atoms with E-state index in [2.05, 4.69) is 14.8 Å². The third-order valence-corrected chi connectivity index (χ3v) is 5.30.